The Labute approximate surface area is 231 Å². The fraction of sp³-hybridized carbons (Fsp3) is 0.138. The molecule has 1 heterocycles. The van der Waals surface area contributed by atoms with E-state index in [1.807, 2.05) is 36.4 Å². The van der Waals surface area contributed by atoms with Crippen LogP contribution in [-0.4, -0.2) is 11.1 Å². The van der Waals surface area contributed by atoms with Gasteiger partial charge in [0.2, 0.25) is 0 Å². The summed E-state index contributed by atoms with van der Waals surface area (Å²) in [5, 5.41) is 13.5. The number of fused-ring (bicyclic) bond motifs is 3. The number of hydrogen-bond acceptors (Lipinski definition) is 4. The predicted octanol–water partition coefficient (Wildman–Crippen LogP) is 8.38. The van der Waals surface area contributed by atoms with Gasteiger partial charge in [0.25, 0.3) is 0 Å². The van der Waals surface area contributed by atoms with Gasteiger partial charge in [0, 0.05) is 17.7 Å². The highest BCUT2D eigenvalue weighted by Crippen LogP contribution is 2.45. The van der Waals surface area contributed by atoms with Crippen molar-refractivity contribution in [2.45, 2.75) is 25.1 Å². The first-order chi connectivity index (χ1) is 18.7. The Morgan fingerprint density at radius 3 is 2.51 bits per heavy atom. The van der Waals surface area contributed by atoms with Gasteiger partial charge in [-0.05, 0) is 58.5 Å². The zero-order valence-electron chi connectivity index (χ0n) is 20.0. The number of ether oxygens (including phenoxy) is 1. The molecular formula is C29H18Cl2F3N3O2. The summed E-state index contributed by atoms with van der Waals surface area (Å²) in [6, 6.07) is 19.6. The van der Waals surface area contributed by atoms with Crippen LogP contribution in [0.4, 0.5) is 23.8 Å². The molecular weight excluding hydrogens is 550 g/mol. The van der Waals surface area contributed by atoms with Gasteiger partial charge in [-0.15, -0.1) is 0 Å². The zero-order chi connectivity index (χ0) is 27.7. The fourth-order valence-electron chi connectivity index (χ4n) is 4.67. The smallest absolute Gasteiger partial charge is 0.416 e. The van der Waals surface area contributed by atoms with E-state index in [0.717, 1.165) is 34.4 Å². The van der Waals surface area contributed by atoms with Crippen LogP contribution >= 0.6 is 23.2 Å². The molecule has 39 heavy (non-hydrogen) atoms. The monoisotopic (exact) mass is 567 g/mol. The summed E-state index contributed by atoms with van der Waals surface area (Å²) < 4.78 is 43.4. The Hall–Kier alpha value is -4.06. The summed E-state index contributed by atoms with van der Waals surface area (Å²) in [7, 11) is 0. The van der Waals surface area contributed by atoms with Gasteiger partial charge in [0.05, 0.1) is 15.6 Å². The van der Waals surface area contributed by atoms with Gasteiger partial charge in [0.1, 0.15) is 18.2 Å². The number of benzene rings is 3. The third kappa shape index (κ3) is 5.42. The zero-order valence-corrected chi connectivity index (χ0v) is 21.5. The van der Waals surface area contributed by atoms with E-state index in [4.69, 9.17) is 27.9 Å². The van der Waals surface area contributed by atoms with Crippen LogP contribution in [0.2, 0.25) is 10.0 Å². The van der Waals surface area contributed by atoms with Crippen molar-refractivity contribution in [2.75, 3.05) is 5.32 Å². The van der Waals surface area contributed by atoms with Crippen LogP contribution in [0, 0.1) is 11.3 Å². The minimum Gasteiger partial charge on any atom is -0.444 e. The first-order valence-electron chi connectivity index (χ1n) is 11.7. The molecule has 0 saturated carbocycles. The molecule has 1 aliphatic rings. The van der Waals surface area contributed by atoms with Gasteiger partial charge in [-0.3, -0.25) is 5.32 Å². The molecule has 0 radical (unpaired) electrons. The van der Waals surface area contributed by atoms with E-state index >= 15 is 0 Å². The van der Waals surface area contributed by atoms with Crippen LogP contribution < -0.4 is 5.32 Å². The lowest BCUT2D eigenvalue weighted by molar-refractivity contribution is -0.137. The predicted molar refractivity (Wildman–Crippen MR) is 142 cm³/mol. The molecule has 196 valence electrons. The average Bonchev–Trinajstić information content (AvgIpc) is 2.92. The second-order valence-electron chi connectivity index (χ2n) is 8.91. The first-order valence-corrected chi connectivity index (χ1v) is 12.5. The van der Waals surface area contributed by atoms with Crippen molar-refractivity contribution < 1.29 is 22.7 Å². The molecule has 1 N–H and O–H groups in total. The van der Waals surface area contributed by atoms with E-state index in [2.05, 4.69) is 16.4 Å². The number of carbonyl (C=O) groups is 1. The van der Waals surface area contributed by atoms with Crippen LogP contribution in [0.1, 0.15) is 39.3 Å². The van der Waals surface area contributed by atoms with E-state index in [1.165, 1.54) is 12.1 Å². The molecule has 10 heteroatoms. The maximum absolute atomic E-state index is 12.8. The van der Waals surface area contributed by atoms with Crippen molar-refractivity contribution >= 4 is 35.1 Å². The van der Waals surface area contributed by atoms with Crippen LogP contribution in [0.25, 0.3) is 11.1 Å². The second kappa shape index (κ2) is 10.6. The van der Waals surface area contributed by atoms with E-state index in [1.54, 1.807) is 12.3 Å². The Balaban J connectivity index is 1.40. The SMILES string of the molecule is N#Cc1c(NC(=O)OCc2ccc(C(F)(F)F)cc2)ncc2c1-c1ccccc1C(c1ccc(Cl)c(Cl)c1)C2. The summed E-state index contributed by atoms with van der Waals surface area (Å²) in [5.74, 6) is -0.0271. The van der Waals surface area contributed by atoms with Crippen molar-refractivity contribution in [3.05, 3.63) is 116 Å². The number of nitriles is 1. The van der Waals surface area contributed by atoms with Gasteiger partial charge < -0.3 is 4.74 Å². The molecule has 5 nitrogen and oxygen atoms in total. The van der Waals surface area contributed by atoms with Gasteiger partial charge in [-0.2, -0.15) is 18.4 Å². The van der Waals surface area contributed by atoms with Crippen LogP contribution in [0.3, 0.4) is 0 Å². The largest absolute Gasteiger partial charge is 0.444 e. The molecule has 0 saturated heterocycles. The molecule has 3 aromatic carbocycles. The number of aromatic nitrogens is 1. The third-order valence-electron chi connectivity index (χ3n) is 6.52. The summed E-state index contributed by atoms with van der Waals surface area (Å²) in [6.45, 7) is -0.259. The van der Waals surface area contributed by atoms with E-state index in [9.17, 15) is 23.2 Å². The lowest BCUT2D eigenvalue weighted by Crippen LogP contribution is -2.18. The molecule has 1 atom stereocenters. The molecule has 0 bridgehead atoms. The van der Waals surface area contributed by atoms with Crippen molar-refractivity contribution in [1.82, 2.24) is 4.98 Å². The number of alkyl halides is 3. The highest BCUT2D eigenvalue weighted by atomic mass is 35.5. The van der Waals surface area contributed by atoms with Crippen LogP contribution in [-0.2, 0) is 23.9 Å². The summed E-state index contributed by atoms with van der Waals surface area (Å²) in [6.07, 6.45) is -3.19. The Bertz CT molecular complexity index is 1620. The van der Waals surface area contributed by atoms with Crippen LogP contribution in [0.5, 0.6) is 0 Å². The minimum absolute atomic E-state index is 0.0245. The van der Waals surface area contributed by atoms with Gasteiger partial charge in [-0.1, -0.05) is 65.7 Å². The number of halogens is 5. The van der Waals surface area contributed by atoms with Crippen molar-refractivity contribution in [3.63, 3.8) is 0 Å². The number of amides is 1. The minimum atomic E-state index is -4.46. The number of nitrogens with zero attached hydrogens (tertiary/aromatic N) is 2. The summed E-state index contributed by atoms with van der Waals surface area (Å²) in [4.78, 5) is 16.8. The van der Waals surface area contributed by atoms with E-state index < -0.39 is 17.8 Å². The van der Waals surface area contributed by atoms with Crippen molar-refractivity contribution in [1.29, 1.82) is 5.26 Å². The Morgan fingerprint density at radius 2 is 1.82 bits per heavy atom. The van der Waals surface area contributed by atoms with E-state index in [-0.39, 0.29) is 23.9 Å². The lowest BCUT2D eigenvalue weighted by Gasteiger charge is -2.29. The van der Waals surface area contributed by atoms with Crippen LogP contribution in [0.15, 0.2) is 72.9 Å². The number of nitrogens with one attached hydrogen (secondary N) is 1. The molecule has 4 aromatic rings. The molecule has 0 fully saturated rings. The normalized spacial score (nSPS) is 14.1. The highest BCUT2D eigenvalue weighted by molar-refractivity contribution is 6.42. The van der Waals surface area contributed by atoms with Crippen molar-refractivity contribution in [3.8, 4) is 17.2 Å². The van der Waals surface area contributed by atoms with Gasteiger partial charge in [-0.25, -0.2) is 9.78 Å². The molecule has 0 spiro atoms. The second-order valence-corrected chi connectivity index (χ2v) is 9.72. The number of hydrogen-bond donors (Lipinski definition) is 1. The van der Waals surface area contributed by atoms with Gasteiger partial charge in [0.15, 0.2) is 5.82 Å². The lowest BCUT2D eigenvalue weighted by atomic mass is 9.75. The highest BCUT2D eigenvalue weighted by Gasteiger charge is 2.31. The molecule has 1 aliphatic carbocycles. The summed E-state index contributed by atoms with van der Waals surface area (Å²) in [5.41, 5.74) is 4.03. The average molecular weight is 568 g/mol. The topological polar surface area (TPSA) is 75.0 Å². The molecule has 5 rings (SSSR count). The number of anilines is 1. The molecule has 1 amide bonds. The standard InChI is InChI=1S/C29H18Cl2F3N3O2/c30-24-10-7-17(12-25(24)31)22-11-18-14-36-27(23(13-35)26(18)21-4-2-1-3-20(21)22)37-28(38)39-15-16-5-8-19(9-6-16)29(32,33)34/h1-10,12,14,22H,11,15H2,(H,36,37,38). The number of pyridine rings is 1. The van der Waals surface area contributed by atoms with E-state index in [0.29, 0.717) is 27.6 Å². The fourth-order valence-corrected chi connectivity index (χ4v) is 4.98. The quantitative estimate of drug-likeness (QED) is 0.268. The van der Waals surface area contributed by atoms with Crippen molar-refractivity contribution in [2.24, 2.45) is 0 Å². The number of carbonyl (C=O) groups excluding carboxylic acids is 1. The van der Waals surface area contributed by atoms with Gasteiger partial charge >= 0.3 is 12.3 Å². The first kappa shape index (κ1) is 26.5. The third-order valence-corrected chi connectivity index (χ3v) is 7.26. The molecule has 1 aromatic heterocycles. The molecule has 1 unspecified atom stereocenters. The molecule has 0 aliphatic heterocycles. The maximum atomic E-state index is 12.8. The summed E-state index contributed by atoms with van der Waals surface area (Å²) >= 11 is 12.4. The number of rotatable bonds is 4. The maximum Gasteiger partial charge on any atom is 0.416 e. The Morgan fingerprint density at radius 1 is 1.08 bits per heavy atom. The Kier molecular flexibility index (Phi) is 7.21.